The van der Waals surface area contributed by atoms with Crippen LogP contribution in [0.5, 0.6) is 0 Å². The molecular formula is C8H11O. The number of allylic oxidation sites excluding steroid dienone is 1. The van der Waals surface area contributed by atoms with Crippen molar-refractivity contribution in [3.8, 4) is 0 Å². The Morgan fingerprint density at radius 2 is 2.33 bits per heavy atom. The highest BCUT2D eigenvalue weighted by Gasteiger charge is 2.29. The van der Waals surface area contributed by atoms with Crippen molar-refractivity contribution in [2.75, 3.05) is 6.61 Å². The highest BCUT2D eigenvalue weighted by molar-refractivity contribution is 5.25. The van der Waals surface area contributed by atoms with Crippen LogP contribution in [0, 0.1) is 5.92 Å². The smallest absolute Gasteiger partial charge is 0.104 e. The van der Waals surface area contributed by atoms with Crippen molar-refractivity contribution in [3.05, 3.63) is 11.1 Å². The van der Waals surface area contributed by atoms with Crippen molar-refractivity contribution in [2.24, 2.45) is 5.92 Å². The normalized spacial score (nSPS) is 32.3. The lowest BCUT2D eigenvalue weighted by atomic mass is 10.00. The standard InChI is InChI=1S/C8H11O/c9-5-8-4-6-1-2-7(8)3-6/h6H,1-5H2. The minimum absolute atomic E-state index is 0.0752. The van der Waals surface area contributed by atoms with E-state index in [2.05, 4.69) is 0 Å². The van der Waals surface area contributed by atoms with Gasteiger partial charge in [-0.1, -0.05) is 5.57 Å². The molecule has 1 radical (unpaired) electrons. The van der Waals surface area contributed by atoms with Gasteiger partial charge in [0.2, 0.25) is 0 Å². The monoisotopic (exact) mass is 123 g/mol. The summed E-state index contributed by atoms with van der Waals surface area (Å²) in [6, 6.07) is 0. The maximum Gasteiger partial charge on any atom is 0.104 e. The fourth-order valence-electron chi connectivity index (χ4n) is 2.08. The first-order chi connectivity index (χ1) is 4.40. The van der Waals surface area contributed by atoms with E-state index in [9.17, 15) is 5.11 Å². The molecule has 1 nitrogen and oxygen atoms in total. The summed E-state index contributed by atoms with van der Waals surface area (Å²) in [4.78, 5) is 0. The van der Waals surface area contributed by atoms with Crippen LogP contribution in [0.3, 0.4) is 0 Å². The highest BCUT2D eigenvalue weighted by atomic mass is 16.3. The molecule has 0 saturated heterocycles. The summed E-state index contributed by atoms with van der Waals surface area (Å²) >= 11 is 0. The van der Waals surface area contributed by atoms with Gasteiger partial charge in [0.25, 0.3) is 0 Å². The Morgan fingerprint density at radius 1 is 1.44 bits per heavy atom. The van der Waals surface area contributed by atoms with Crippen LogP contribution in [0.4, 0.5) is 0 Å². The number of rotatable bonds is 1. The Balaban J connectivity index is 2.22. The number of hydrogen-bond acceptors (Lipinski definition) is 0. The quantitative estimate of drug-likeness (QED) is 0.475. The fourth-order valence-corrected chi connectivity index (χ4v) is 2.08. The Kier molecular flexibility index (Phi) is 1.12. The summed E-state index contributed by atoms with van der Waals surface area (Å²) in [5.74, 6) is 0.879. The summed E-state index contributed by atoms with van der Waals surface area (Å²) in [5.41, 5.74) is 2.75. The van der Waals surface area contributed by atoms with Gasteiger partial charge in [0.1, 0.15) is 6.61 Å². The SMILES string of the molecule is [O]CC1=C2CCC(C1)C2. The second kappa shape index (κ2) is 1.84. The molecule has 0 heterocycles. The molecule has 0 amide bonds. The molecule has 1 fully saturated rings. The molecular weight excluding hydrogens is 112 g/mol. The van der Waals surface area contributed by atoms with Crippen molar-refractivity contribution < 1.29 is 5.11 Å². The van der Waals surface area contributed by atoms with E-state index in [1.165, 1.54) is 30.4 Å². The van der Waals surface area contributed by atoms with Crippen molar-refractivity contribution in [1.82, 2.24) is 0 Å². The molecule has 0 aromatic heterocycles. The Labute approximate surface area is 55.4 Å². The van der Waals surface area contributed by atoms with E-state index in [4.69, 9.17) is 0 Å². The summed E-state index contributed by atoms with van der Waals surface area (Å²) in [6.45, 7) is 0.0752. The molecule has 0 aliphatic heterocycles. The van der Waals surface area contributed by atoms with E-state index in [1.807, 2.05) is 0 Å². The second-order valence-corrected chi connectivity index (χ2v) is 3.16. The van der Waals surface area contributed by atoms with Gasteiger partial charge in [0.05, 0.1) is 0 Å². The van der Waals surface area contributed by atoms with Crippen LogP contribution in [0.1, 0.15) is 25.7 Å². The molecule has 0 spiro atoms. The van der Waals surface area contributed by atoms with Crippen molar-refractivity contribution in [2.45, 2.75) is 25.7 Å². The number of fused-ring (bicyclic) bond motifs is 2. The molecule has 0 aromatic carbocycles. The molecule has 9 heavy (non-hydrogen) atoms. The lowest BCUT2D eigenvalue weighted by Gasteiger charge is -2.07. The van der Waals surface area contributed by atoms with E-state index in [0.29, 0.717) is 0 Å². The van der Waals surface area contributed by atoms with Gasteiger partial charge in [-0.2, -0.15) is 0 Å². The van der Waals surface area contributed by atoms with Crippen LogP contribution in [0.25, 0.3) is 0 Å². The first-order valence-corrected chi connectivity index (χ1v) is 3.68. The molecule has 0 N–H and O–H groups in total. The van der Waals surface area contributed by atoms with Gasteiger partial charge in [-0.15, -0.1) is 0 Å². The van der Waals surface area contributed by atoms with E-state index in [1.54, 1.807) is 0 Å². The lowest BCUT2D eigenvalue weighted by Crippen LogP contribution is -1.96. The van der Waals surface area contributed by atoms with Gasteiger partial charge in [0, 0.05) is 0 Å². The minimum Gasteiger partial charge on any atom is -0.232 e. The molecule has 49 valence electrons. The zero-order chi connectivity index (χ0) is 6.27. The van der Waals surface area contributed by atoms with E-state index in [-0.39, 0.29) is 6.61 Å². The zero-order valence-electron chi connectivity index (χ0n) is 5.52. The third-order valence-corrected chi connectivity index (χ3v) is 2.60. The van der Waals surface area contributed by atoms with E-state index >= 15 is 0 Å². The molecule has 2 aliphatic carbocycles. The van der Waals surface area contributed by atoms with Crippen LogP contribution in [0.15, 0.2) is 11.1 Å². The Hall–Kier alpha value is -0.300. The lowest BCUT2D eigenvalue weighted by molar-refractivity contribution is 0.217. The average molecular weight is 123 g/mol. The van der Waals surface area contributed by atoms with Crippen molar-refractivity contribution in [3.63, 3.8) is 0 Å². The van der Waals surface area contributed by atoms with E-state index < -0.39 is 0 Å². The molecule has 2 aliphatic rings. The van der Waals surface area contributed by atoms with Gasteiger partial charge >= 0.3 is 0 Å². The van der Waals surface area contributed by atoms with E-state index in [0.717, 1.165) is 12.3 Å². The average Bonchev–Trinajstić information content (AvgIpc) is 2.45. The Bertz CT molecular complexity index is 158. The molecule has 1 atom stereocenters. The number of hydrogen-bond donors (Lipinski definition) is 0. The van der Waals surface area contributed by atoms with Gasteiger partial charge in [0.15, 0.2) is 0 Å². The van der Waals surface area contributed by atoms with Crippen LogP contribution in [-0.4, -0.2) is 6.61 Å². The zero-order valence-corrected chi connectivity index (χ0v) is 5.52. The highest BCUT2D eigenvalue weighted by Crippen LogP contribution is 2.43. The summed E-state index contributed by atoms with van der Waals surface area (Å²) in [7, 11) is 0. The van der Waals surface area contributed by atoms with Gasteiger partial charge in [-0.25, -0.2) is 5.11 Å². The molecule has 1 heteroatoms. The van der Waals surface area contributed by atoms with Gasteiger partial charge < -0.3 is 0 Å². The van der Waals surface area contributed by atoms with Crippen LogP contribution in [0.2, 0.25) is 0 Å². The van der Waals surface area contributed by atoms with Crippen molar-refractivity contribution >= 4 is 0 Å². The first-order valence-electron chi connectivity index (χ1n) is 3.68. The maximum atomic E-state index is 10.5. The van der Waals surface area contributed by atoms with Gasteiger partial charge in [-0.3, -0.25) is 0 Å². The van der Waals surface area contributed by atoms with Crippen LogP contribution in [-0.2, 0) is 5.11 Å². The molecule has 1 saturated carbocycles. The summed E-state index contributed by atoms with van der Waals surface area (Å²) in [6.07, 6.45) is 5.00. The van der Waals surface area contributed by atoms with Gasteiger partial charge in [-0.05, 0) is 37.2 Å². The fraction of sp³-hybridized carbons (Fsp3) is 0.750. The first kappa shape index (κ1) is 5.48. The van der Waals surface area contributed by atoms with Crippen LogP contribution < -0.4 is 0 Å². The Morgan fingerprint density at radius 3 is 2.67 bits per heavy atom. The molecule has 2 bridgehead atoms. The molecule has 1 unspecified atom stereocenters. The molecule has 2 rings (SSSR count). The topological polar surface area (TPSA) is 19.9 Å². The predicted octanol–water partition coefficient (Wildman–Crippen LogP) is 1.92. The largest absolute Gasteiger partial charge is 0.232 e. The summed E-state index contributed by atoms with van der Waals surface area (Å²) in [5, 5.41) is 10.5. The maximum absolute atomic E-state index is 10.5. The predicted molar refractivity (Wildman–Crippen MR) is 34.5 cm³/mol. The minimum atomic E-state index is 0.0752. The van der Waals surface area contributed by atoms with Crippen LogP contribution >= 0.6 is 0 Å². The summed E-state index contributed by atoms with van der Waals surface area (Å²) < 4.78 is 0. The third kappa shape index (κ3) is 0.715. The third-order valence-electron chi connectivity index (χ3n) is 2.60. The van der Waals surface area contributed by atoms with Crippen molar-refractivity contribution in [1.29, 1.82) is 0 Å². The molecule has 0 aromatic rings. The second-order valence-electron chi connectivity index (χ2n) is 3.16.